The van der Waals surface area contributed by atoms with Gasteiger partial charge in [0.1, 0.15) is 17.7 Å². The Morgan fingerprint density at radius 3 is 1.73 bits per heavy atom. The zero-order valence-electron chi connectivity index (χ0n) is 17.4. The fraction of sp³-hybridized carbons (Fsp3) is 0.833. The topological polar surface area (TPSA) is 103 Å². The molecule has 152 valence electrons. The Labute approximate surface area is 156 Å². The quantitative estimate of drug-likeness (QED) is 0.691. The fourth-order valence-electron chi connectivity index (χ4n) is 1.59. The highest BCUT2D eigenvalue weighted by Crippen LogP contribution is 2.12. The third-order valence-electron chi connectivity index (χ3n) is 2.50. The number of nitrogens with one attached hydrogen (secondary N) is 2. The van der Waals surface area contributed by atoms with Crippen LogP contribution < -0.4 is 10.6 Å². The number of alkyl carbamates (subject to hydrolysis) is 1. The Balaban J connectivity index is 4.76. The summed E-state index contributed by atoms with van der Waals surface area (Å²) in [5, 5.41) is 4.86. The highest BCUT2D eigenvalue weighted by molar-refractivity contribution is 5.87. The van der Waals surface area contributed by atoms with Crippen molar-refractivity contribution in [3.63, 3.8) is 0 Å². The maximum absolute atomic E-state index is 12.3. The second kappa shape index (κ2) is 9.21. The summed E-state index contributed by atoms with van der Waals surface area (Å²) in [5.41, 5.74) is -1.85. The highest BCUT2D eigenvalue weighted by atomic mass is 16.6. The SMILES string of the molecule is CC(C)(C)OCC(NC(=O)CNC(=O)OC(C)(C)C)C(=O)OC(C)(C)C. The van der Waals surface area contributed by atoms with Crippen LogP contribution in [0.3, 0.4) is 0 Å². The van der Waals surface area contributed by atoms with Gasteiger partial charge in [-0.15, -0.1) is 0 Å². The molecule has 0 fully saturated rings. The van der Waals surface area contributed by atoms with E-state index in [0.29, 0.717) is 0 Å². The average molecular weight is 374 g/mol. The molecule has 0 radical (unpaired) electrons. The highest BCUT2D eigenvalue weighted by Gasteiger charge is 2.28. The molecule has 0 aliphatic heterocycles. The Morgan fingerprint density at radius 2 is 1.31 bits per heavy atom. The van der Waals surface area contributed by atoms with E-state index in [1.54, 1.807) is 41.5 Å². The van der Waals surface area contributed by atoms with E-state index in [4.69, 9.17) is 14.2 Å². The standard InChI is InChI=1S/C18H34N2O6/c1-16(2,3)24-11-12(14(22)25-17(4,5)6)20-13(21)10-19-15(23)26-18(7,8)9/h12H,10-11H2,1-9H3,(H,19,23)(H,20,21). The Morgan fingerprint density at radius 1 is 0.808 bits per heavy atom. The molecule has 8 heteroatoms. The third kappa shape index (κ3) is 13.5. The molecule has 2 N–H and O–H groups in total. The zero-order chi connectivity index (χ0) is 20.8. The van der Waals surface area contributed by atoms with Crippen LogP contribution in [-0.2, 0) is 23.8 Å². The van der Waals surface area contributed by atoms with Gasteiger partial charge in [0.15, 0.2) is 6.04 Å². The summed E-state index contributed by atoms with van der Waals surface area (Å²) < 4.78 is 16.0. The molecule has 0 bridgehead atoms. The van der Waals surface area contributed by atoms with Crippen molar-refractivity contribution in [3.8, 4) is 0 Å². The molecule has 0 saturated carbocycles. The third-order valence-corrected chi connectivity index (χ3v) is 2.50. The first-order valence-corrected chi connectivity index (χ1v) is 8.61. The van der Waals surface area contributed by atoms with E-state index in [1.807, 2.05) is 20.8 Å². The smallest absolute Gasteiger partial charge is 0.408 e. The lowest BCUT2D eigenvalue weighted by Gasteiger charge is -2.27. The minimum absolute atomic E-state index is 0.0450. The molecule has 8 nitrogen and oxygen atoms in total. The van der Waals surface area contributed by atoms with E-state index in [1.165, 1.54) is 0 Å². The number of esters is 1. The number of hydrogen-bond donors (Lipinski definition) is 2. The molecule has 26 heavy (non-hydrogen) atoms. The van der Waals surface area contributed by atoms with E-state index < -0.39 is 40.8 Å². The lowest BCUT2D eigenvalue weighted by atomic mass is 10.1. The molecular formula is C18H34N2O6. The first-order chi connectivity index (χ1) is 11.5. The fourth-order valence-corrected chi connectivity index (χ4v) is 1.59. The van der Waals surface area contributed by atoms with Gasteiger partial charge in [-0.25, -0.2) is 9.59 Å². The molecule has 0 heterocycles. The number of hydrogen-bond acceptors (Lipinski definition) is 6. The lowest BCUT2D eigenvalue weighted by Crippen LogP contribution is -2.50. The van der Waals surface area contributed by atoms with Crippen LogP contribution in [0, 0.1) is 0 Å². The molecule has 1 unspecified atom stereocenters. The Bertz CT molecular complexity index is 497. The van der Waals surface area contributed by atoms with E-state index in [9.17, 15) is 14.4 Å². The molecule has 0 saturated heterocycles. The Hall–Kier alpha value is -1.83. The monoisotopic (exact) mass is 374 g/mol. The summed E-state index contributed by atoms with van der Waals surface area (Å²) in [4.78, 5) is 36.0. The van der Waals surface area contributed by atoms with Gasteiger partial charge in [-0.1, -0.05) is 0 Å². The predicted octanol–water partition coefficient (Wildman–Crippen LogP) is 2.15. The van der Waals surface area contributed by atoms with Crippen molar-refractivity contribution in [2.75, 3.05) is 13.2 Å². The normalized spacial score (nSPS) is 13.6. The molecular weight excluding hydrogens is 340 g/mol. The summed E-state index contributed by atoms with van der Waals surface area (Å²) in [5.74, 6) is -1.16. The molecule has 0 spiro atoms. The summed E-state index contributed by atoms with van der Waals surface area (Å²) in [6, 6.07) is -0.985. The van der Waals surface area contributed by atoms with Crippen LogP contribution in [0.4, 0.5) is 4.79 Å². The lowest BCUT2D eigenvalue weighted by molar-refractivity contribution is -0.161. The van der Waals surface area contributed by atoms with Crippen LogP contribution in [-0.4, -0.2) is 54.0 Å². The number of amides is 2. The van der Waals surface area contributed by atoms with Gasteiger partial charge in [0.05, 0.1) is 12.2 Å². The van der Waals surface area contributed by atoms with E-state index >= 15 is 0 Å². The van der Waals surface area contributed by atoms with Crippen LogP contribution in [0.25, 0.3) is 0 Å². The van der Waals surface area contributed by atoms with Gasteiger partial charge in [0.2, 0.25) is 5.91 Å². The average Bonchev–Trinajstić information content (AvgIpc) is 2.36. The van der Waals surface area contributed by atoms with E-state index in [0.717, 1.165) is 0 Å². The van der Waals surface area contributed by atoms with E-state index in [2.05, 4.69) is 10.6 Å². The molecule has 0 aromatic rings. The van der Waals surface area contributed by atoms with Crippen LogP contribution in [0.1, 0.15) is 62.3 Å². The van der Waals surface area contributed by atoms with Gasteiger partial charge >= 0.3 is 12.1 Å². The van der Waals surface area contributed by atoms with Gasteiger partial charge < -0.3 is 24.8 Å². The molecule has 2 amide bonds. The summed E-state index contributed by atoms with van der Waals surface area (Å²) >= 11 is 0. The first kappa shape index (κ1) is 24.2. The Kier molecular flexibility index (Phi) is 8.56. The minimum atomic E-state index is -0.985. The van der Waals surface area contributed by atoms with Gasteiger partial charge in [-0.3, -0.25) is 4.79 Å². The molecule has 1 atom stereocenters. The van der Waals surface area contributed by atoms with Gasteiger partial charge in [-0.2, -0.15) is 0 Å². The second-order valence-electron chi connectivity index (χ2n) is 8.93. The van der Waals surface area contributed by atoms with Gasteiger partial charge in [0, 0.05) is 0 Å². The number of ether oxygens (including phenoxy) is 3. The molecule has 0 rings (SSSR count). The van der Waals surface area contributed by atoms with Crippen LogP contribution >= 0.6 is 0 Å². The minimum Gasteiger partial charge on any atom is -0.458 e. The number of rotatable bonds is 6. The van der Waals surface area contributed by atoms with Crippen molar-refractivity contribution < 1.29 is 28.6 Å². The number of carbonyl (C=O) groups excluding carboxylic acids is 3. The first-order valence-electron chi connectivity index (χ1n) is 8.61. The zero-order valence-corrected chi connectivity index (χ0v) is 17.4. The van der Waals surface area contributed by atoms with Gasteiger partial charge in [-0.05, 0) is 62.3 Å². The van der Waals surface area contributed by atoms with Gasteiger partial charge in [0.25, 0.3) is 0 Å². The van der Waals surface area contributed by atoms with Crippen LogP contribution in [0.5, 0.6) is 0 Å². The summed E-state index contributed by atoms with van der Waals surface area (Å²) in [7, 11) is 0. The van der Waals surface area contributed by atoms with Crippen LogP contribution in [0.15, 0.2) is 0 Å². The van der Waals surface area contributed by atoms with Crippen molar-refractivity contribution >= 4 is 18.0 Å². The van der Waals surface area contributed by atoms with Crippen molar-refractivity contribution in [2.45, 2.75) is 85.2 Å². The second-order valence-corrected chi connectivity index (χ2v) is 8.93. The molecule has 0 aliphatic rings. The summed E-state index contributed by atoms with van der Waals surface area (Å²) in [6.07, 6.45) is -0.715. The van der Waals surface area contributed by atoms with E-state index in [-0.39, 0.29) is 13.2 Å². The van der Waals surface area contributed by atoms with Crippen molar-refractivity contribution in [1.82, 2.24) is 10.6 Å². The maximum Gasteiger partial charge on any atom is 0.408 e. The van der Waals surface area contributed by atoms with Crippen molar-refractivity contribution in [1.29, 1.82) is 0 Å². The molecule has 0 aromatic carbocycles. The number of carbonyl (C=O) groups is 3. The largest absolute Gasteiger partial charge is 0.458 e. The molecule has 0 aliphatic carbocycles. The summed E-state index contributed by atoms with van der Waals surface area (Å²) in [6.45, 7) is 15.5. The van der Waals surface area contributed by atoms with Crippen molar-refractivity contribution in [2.24, 2.45) is 0 Å². The van der Waals surface area contributed by atoms with Crippen LogP contribution in [0.2, 0.25) is 0 Å². The maximum atomic E-state index is 12.3. The van der Waals surface area contributed by atoms with Crippen molar-refractivity contribution in [3.05, 3.63) is 0 Å². The molecule has 0 aromatic heterocycles. The predicted molar refractivity (Wildman–Crippen MR) is 97.7 cm³/mol.